The molecule has 0 radical (unpaired) electrons. The number of hydrogen-bond donors (Lipinski definition) is 0. The van der Waals surface area contributed by atoms with Crippen molar-refractivity contribution in [3.63, 3.8) is 0 Å². The molecule has 1 aromatic carbocycles. The summed E-state index contributed by atoms with van der Waals surface area (Å²) in [6.45, 7) is 9.01. The summed E-state index contributed by atoms with van der Waals surface area (Å²) < 4.78 is 5.93. The lowest BCUT2D eigenvalue weighted by Gasteiger charge is -2.37. The van der Waals surface area contributed by atoms with E-state index in [1.165, 1.54) is 15.9 Å². The third kappa shape index (κ3) is 2.10. The second-order valence-corrected chi connectivity index (χ2v) is 5.92. The van der Waals surface area contributed by atoms with Gasteiger partial charge in [-0.15, -0.1) is 0 Å². The van der Waals surface area contributed by atoms with Gasteiger partial charge in [0.2, 0.25) is 0 Å². The van der Waals surface area contributed by atoms with E-state index in [1.54, 1.807) is 11.5 Å². The van der Waals surface area contributed by atoms with Gasteiger partial charge in [0.25, 0.3) is 0 Å². The Kier molecular flexibility index (Phi) is 3.22. The molecule has 0 N–H and O–H groups in total. The van der Waals surface area contributed by atoms with Crippen molar-refractivity contribution in [1.82, 2.24) is 9.27 Å². The molecule has 1 aliphatic heterocycles. The zero-order valence-corrected chi connectivity index (χ0v) is 11.8. The van der Waals surface area contributed by atoms with Crippen LogP contribution in [0.2, 0.25) is 0 Å². The highest BCUT2D eigenvalue weighted by atomic mass is 32.1. The van der Waals surface area contributed by atoms with Crippen molar-refractivity contribution >= 4 is 27.4 Å². The van der Waals surface area contributed by atoms with Gasteiger partial charge < -0.3 is 4.90 Å². The molecule has 1 aliphatic rings. The summed E-state index contributed by atoms with van der Waals surface area (Å²) in [4.78, 5) is 4.96. The van der Waals surface area contributed by atoms with E-state index in [0.29, 0.717) is 6.04 Å². The molecule has 0 unspecified atom stereocenters. The van der Waals surface area contributed by atoms with Crippen molar-refractivity contribution in [2.24, 2.45) is 0 Å². The fraction of sp³-hybridized carbons (Fsp3) is 0.500. The first-order valence-corrected chi connectivity index (χ1v) is 7.36. The monoisotopic (exact) mass is 261 g/mol. The summed E-state index contributed by atoms with van der Waals surface area (Å²) in [5, 5.41) is 1.31. The minimum Gasteiger partial charge on any atom is -0.353 e. The molecule has 0 bridgehead atoms. The molecule has 1 fully saturated rings. The Hall–Kier alpha value is -1.13. The normalized spacial score (nSPS) is 17.8. The van der Waals surface area contributed by atoms with Gasteiger partial charge in [-0.3, -0.25) is 4.90 Å². The molecule has 96 valence electrons. The van der Waals surface area contributed by atoms with Crippen LogP contribution in [0.5, 0.6) is 0 Å². The highest BCUT2D eigenvalue weighted by molar-refractivity contribution is 7.13. The Morgan fingerprint density at radius 3 is 2.56 bits per heavy atom. The molecular weight excluding hydrogens is 242 g/mol. The Morgan fingerprint density at radius 1 is 1.11 bits per heavy atom. The summed E-state index contributed by atoms with van der Waals surface area (Å²) in [5.41, 5.74) is 0. The van der Waals surface area contributed by atoms with Crippen LogP contribution >= 0.6 is 11.5 Å². The van der Waals surface area contributed by atoms with Crippen molar-refractivity contribution in [2.75, 3.05) is 31.1 Å². The molecule has 0 atom stereocenters. The highest BCUT2D eigenvalue weighted by Crippen LogP contribution is 2.29. The van der Waals surface area contributed by atoms with E-state index in [0.717, 1.165) is 26.2 Å². The van der Waals surface area contributed by atoms with Gasteiger partial charge in [-0.25, -0.2) is 0 Å². The van der Waals surface area contributed by atoms with Gasteiger partial charge in [0.05, 0.1) is 4.70 Å². The predicted octanol–water partition coefficient (Wildman–Crippen LogP) is 2.83. The van der Waals surface area contributed by atoms with Crippen LogP contribution in [0.1, 0.15) is 13.8 Å². The SMILES string of the molecule is CC(C)N1CCN(c2nsc3ccccc23)CC1. The molecule has 18 heavy (non-hydrogen) atoms. The minimum absolute atomic E-state index is 0.652. The lowest BCUT2D eigenvalue weighted by Crippen LogP contribution is -2.49. The van der Waals surface area contributed by atoms with E-state index in [9.17, 15) is 0 Å². The number of piperazine rings is 1. The van der Waals surface area contributed by atoms with Crippen LogP contribution in [-0.4, -0.2) is 41.5 Å². The molecule has 0 saturated carbocycles. The van der Waals surface area contributed by atoms with Gasteiger partial charge in [-0.2, -0.15) is 4.37 Å². The topological polar surface area (TPSA) is 19.4 Å². The highest BCUT2D eigenvalue weighted by Gasteiger charge is 2.21. The van der Waals surface area contributed by atoms with Gasteiger partial charge in [0.1, 0.15) is 5.82 Å². The second-order valence-electron chi connectivity index (χ2n) is 5.12. The van der Waals surface area contributed by atoms with Gasteiger partial charge in [-0.05, 0) is 37.5 Å². The maximum atomic E-state index is 4.64. The van der Waals surface area contributed by atoms with Gasteiger partial charge >= 0.3 is 0 Å². The van der Waals surface area contributed by atoms with Crippen molar-refractivity contribution in [2.45, 2.75) is 19.9 Å². The van der Waals surface area contributed by atoms with Crippen LogP contribution in [0.3, 0.4) is 0 Å². The number of hydrogen-bond acceptors (Lipinski definition) is 4. The maximum Gasteiger partial charge on any atom is 0.150 e. The molecule has 4 heteroatoms. The van der Waals surface area contributed by atoms with Crippen molar-refractivity contribution in [3.05, 3.63) is 24.3 Å². The van der Waals surface area contributed by atoms with E-state index in [-0.39, 0.29) is 0 Å². The van der Waals surface area contributed by atoms with Crippen LogP contribution in [0.25, 0.3) is 10.1 Å². The fourth-order valence-electron chi connectivity index (χ4n) is 2.55. The number of aromatic nitrogens is 1. The first-order valence-electron chi connectivity index (χ1n) is 6.59. The number of nitrogens with zero attached hydrogens (tertiary/aromatic N) is 3. The molecular formula is C14H19N3S. The Balaban J connectivity index is 1.80. The molecule has 1 saturated heterocycles. The maximum absolute atomic E-state index is 4.64. The van der Waals surface area contributed by atoms with Crippen molar-refractivity contribution in [1.29, 1.82) is 0 Å². The Morgan fingerprint density at radius 2 is 1.83 bits per heavy atom. The van der Waals surface area contributed by atoms with Crippen LogP contribution in [0, 0.1) is 0 Å². The van der Waals surface area contributed by atoms with Crippen LogP contribution in [0.15, 0.2) is 24.3 Å². The van der Waals surface area contributed by atoms with Gasteiger partial charge in [-0.1, -0.05) is 12.1 Å². The third-order valence-electron chi connectivity index (χ3n) is 3.70. The summed E-state index contributed by atoms with van der Waals surface area (Å²) in [7, 11) is 0. The number of benzene rings is 1. The molecule has 1 aromatic heterocycles. The lowest BCUT2D eigenvalue weighted by atomic mass is 10.2. The number of anilines is 1. The average molecular weight is 261 g/mol. The third-order valence-corrected chi connectivity index (χ3v) is 4.52. The summed E-state index contributed by atoms with van der Waals surface area (Å²) >= 11 is 1.61. The predicted molar refractivity (Wildman–Crippen MR) is 78.5 cm³/mol. The first-order chi connectivity index (χ1) is 8.75. The van der Waals surface area contributed by atoms with Crippen molar-refractivity contribution in [3.8, 4) is 0 Å². The summed E-state index contributed by atoms with van der Waals surface area (Å²) in [5.74, 6) is 1.18. The number of fused-ring (bicyclic) bond motifs is 1. The van der Waals surface area contributed by atoms with Crippen LogP contribution < -0.4 is 4.90 Å². The van der Waals surface area contributed by atoms with Crippen LogP contribution in [-0.2, 0) is 0 Å². The molecule has 2 aromatic rings. The second kappa shape index (κ2) is 4.86. The molecule has 3 rings (SSSR count). The largest absolute Gasteiger partial charge is 0.353 e. The van der Waals surface area contributed by atoms with E-state index in [1.807, 2.05) is 0 Å². The molecule has 0 spiro atoms. The quantitative estimate of drug-likeness (QED) is 0.828. The summed E-state index contributed by atoms with van der Waals surface area (Å²) in [6.07, 6.45) is 0. The molecule has 0 aliphatic carbocycles. The molecule has 3 nitrogen and oxygen atoms in total. The number of rotatable bonds is 2. The van der Waals surface area contributed by atoms with E-state index < -0.39 is 0 Å². The zero-order valence-electron chi connectivity index (χ0n) is 11.0. The lowest BCUT2D eigenvalue weighted by molar-refractivity contribution is 0.209. The van der Waals surface area contributed by atoms with E-state index >= 15 is 0 Å². The summed E-state index contributed by atoms with van der Waals surface area (Å²) in [6, 6.07) is 9.18. The van der Waals surface area contributed by atoms with Gasteiger partial charge in [0, 0.05) is 37.6 Å². The average Bonchev–Trinajstić information content (AvgIpc) is 2.82. The standard InChI is InChI=1S/C14H19N3S/c1-11(2)16-7-9-17(10-8-16)14-12-5-3-4-6-13(12)18-15-14/h3-6,11H,7-10H2,1-2H3. The van der Waals surface area contributed by atoms with Crippen molar-refractivity contribution < 1.29 is 0 Å². The Bertz CT molecular complexity index is 527. The molecule has 0 amide bonds. The molecule has 2 heterocycles. The van der Waals surface area contributed by atoms with Crippen LogP contribution in [0.4, 0.5) is 5.82 Å². The van der Waals surface area contributed by atoms with E-state index in [4.69, 9.17) is 0 Å². The zero-order chi connectivity index (χ0) is 12.5. The first kappa shape index (κ1) is 11.9. The van der Waals surface area contributed by atoms with E-state index in [2.05, 4.69) is 52.3 Å². The smallest absolute Gasteiger partial charge is 0.150 e. The fourth-order valence-corrected chi connectivity index (χ4v) is 3.35. The Labute approximate surface area is 112 Å². The minimum atomic E-state index is 0.652. The van der Waals surface area contributed by atoms with Gasteiger partial charge in [0.15, 0.2) is 0 Å².